The highest BCUT2D eigenvalue weighted by molar-refractivity contribution is 5.65. The Morgan fingerprint density at radius 2 is 2.07 bits per heavy atom. The summed E-state index contributed by atoms with van der Waals surface area (Å²) in [6.07, 6.45) is 9.03. The zero-order valence-corrected chi connectivity index (χ0v) is 8.03. The molecule has 0 aromatic heterocycles. The molecule has 14 heavy (non-hydrogen) atoms. The van der Waals surface area contributed by atoms with Crippen molar-refractivity contribution in [3.63, 3.8) is 0 Å². The fourth-order valence-electron chi connectivity index (χ4n) is 2.30. The molecule has 0 spiro atoms. The summed E-state index contributed by atoms with van der Waals surface area (Å²) in [7, 11) is 0. The third-order valence-electron chi connectivity index (χ3n) is 3.00. The number of nitrogens with one attached hydrogen (secondary N) is 1. The highest BCUT2D eigenvalue weighted by atomic mass is 14.9. The Morgan fingerprint density at radius 1 is 1.14 bits per heavy atom. The van der Waals surface area contributed by atoms with E-state index in [-0.39, 0.29) is 0 Å². The molecule has 1 aromatic rings. The van der Waals surface area contributed by atoms with Gasteiger partial charge in [0.15, 0.2) is 0 Å². The fraction of sp³-hybridized carbons (Fsp3) is 0.231. The average molecular weight is 183 g/mol. The average Bonchev–Trinajstić information content (AvgIpc) is 2.42. The molecule has 1 aromatic carbocycles. The third kappa shape index (κ3) is 1.09. The summed E-state index contributed by atoms with van der Waals surface area (Å²) < 4.78 is 0. The normalized spacial score (nSPS) is 23.1. The van der Waals surface area contributed by atoms with Crippen molar-refractivity contribution in [1.82, 2.24) is 0 Å². The van der Waals surface area contributed by atoms with E-state index in [1.807, 2.05) is 0 Å². The first-order valence-corrected chi connectivity index (χ1v) is 5.16. The molecule has 0 saturated heterocycles. The Balaban J connectivity index is 2.09. The predicted octanol–water partition coefficient (Wildman–Crippen LogP) is 3.43. The summed E-state index contributed by atoms with van der Waals surface area (Å²) in [4.78, 5) is 0. The van der Waals surface area contributed by atoms with Crippen LogP contribution in [0, 0.1) is 0 Å². The van der Waals surface area contributed by atoms with Crippen LogP contribution in [-0.4, -0.2) is 0 Å². The molecule has 1 N–H and O–H groups in total. The first-order valence-electron chi connectivity index (χ1n) is 5.16. The zero-order chi connectivity index (χ0) is 9.38. The molecule has 0 amide bonds. The Kier molecular flexibility index (Phi) is 1.69. The van der Waals surface area contributed by atoms with Crippen molar-refractivity contribution in [2.75, 3.05) is 5.32 Å². The maximum atomic E-state index is 3.50. The third-order valence-corrected chi connectivity index (χ3v) is 3.00. The number of fused-ring (bicyclic) bond motifs is 3. The van der Waals surface area contributed by atoms with Crippen LogP contribution in [0.1, 0.15) is 24.3 Å². The monoisotopic (exact) mass is 183 g/mol. The van der Waals surface area contributed by atoms with Crippen molar-refractivity contribution in [2.24, 2.45) is 0 Å². The molecule has 3 rings (SSSR count). The Labute approximate surface area is 84.1 Å². The van der Waals surface area contributed by atoms with Gasteiger partial charge < -0.3 is 5.32 Å². The second kappa shape index (κ2) is 3.02. The number of benzene rings is 1. The van der Waals surface area contributed by atoms with Crippen LogP contribution in [0.15, 0.2) is 48.2 Å². The van der Waals surface area contributed by atoms with E-state index in [9.17, 15) is 0 Å². The van der Waals surface area contributed by atoms with Gasteiger partial charge in [0.25, 0.3) is 0 Å². The molecule has 0 saturated carbocycles. The minimum absolute atomic E-state index is 0.574. The van der Waals surface area contributed by atoms with Crippen LogP contribution in [0.3, 0.4) is 0 Å². The lowest BCUT2D eigenvalue weighted by Gasteiger charge is -2.07. The molecule has 0 radical (unpaired) electrons. The summed E-state index contributed by atoms with van der Waals surface area (Å²) in [5.41, 5.74) is 4.13. The van der Waals surface area contributed by atoms with Crippen molar-refractivity contribution in [2.45, 2.75) is 18.8 Å². The van der Waals surface area contributed by atoms with Crippen LogP contribution in [-0.2, 0) is 0 Å². The van der Waals surface area contributed by atoms with Gasteiger partial charge >= 0.3 is 0 Å². The van der Waals surface area contributed by atoms with E-state index in [0.717, 1.165) is 12.8 Å². The lowest BCUT2D eigenvalue weighted by atomic mass is 9.96. The van der Waals surface area contributed by atoms with Gasteiger partial charge in [-0.3, -0.25) is 0 Å². The van der Waals surface area contributed by atoms with Crippen LogP contribution >= 0.6 is 0 Å². The predicted molar refractivity (Wildman–Crippen MR) is 59.3 cm³/mol. The van der Waals surface area contributed by atoms with Crippen LogP contribution in [0.25, 0.3) is 0 Å². The van der Waals surface area contributed by atoms with E-state index in [2.05, 4.69) is 47.8 Å². The SMILES string of the molecule is C1=CCC2C(=CC1)Nc1ccccc12. The van der Waals surface area contributed by atoms with Gasteiger partial charge in [0.1, 0.15) is 0 Å². The molecule has 1 aliphatic carbocycles. The summed E-state index contributed by atoms with van der Waals surface area (Å²) in [6, 6.07) is 8.60. The van der Waals surface area contributed by atoms with Gasteiger partial charge in [-0.25, -0.2) is 0 Å². The second-order valence-corrected chi connectivity index (χ2v) is 3.87. The highest BCUT2D eigenvalue weighted by Crippen LogP contribution is 2.41. The van der Waals surface area contributed by atoms with Gasteiger partial charge in [0, 0.05) is 17.3 Å². The number of hydrogen-bond donors (Lipinski definition) is 1. The number of allylic oxidation sites excluding steroid dienone is 4. The topological polar surface area (TPSA) is 12.0 Å². The number of rotatable bonds is 0. The van der Waals surface area contributed by atoms with E-state index < -0.39 is 0 Å². The van der Waals surface area contributed by atoms with E-state index >= 15 is 0 Å². The molecule has 70 valence electrons. The zero-order valence-electron chi connectivity index (χ0n) is 8.03. The van der Waals surface area contributed by atoms with Crippen LogP contribution in [0.5, 0.6) is 0 Å². The van der Waals surface area contributed by atoms with Gasteiger partial charge in [-0.05, 0) is 24.5 Å². The van der Waals surface area contributed by atoms with Crippen LogP contribution in [0.4, 0.5) is 5.69 Å². The van der Waals surface area contributed by atoms with Crippen molar-refractivity contribution >= 4 is 5.69 Å². The van der Waals surface area contributed by atoms with Crippen LogP contribution < -0.4 is 5.32 Å². The number of hydrogen-bond acceptors (Lipinski definition) is 1. The molecule has 1 atom stereocenters. The summed E-state index contributed by atoms with van der Waals surface area (Å²) in [5, 5.41) is 3.50. The standard InChI is InChI=1S/C13H13N/c1-2-6-10-11-7-4-5-9-13(11)14-12(10)8-3-1/h1-2,4-5,7-10,14H,3,6H2. The van der Waals surface area contributed by atoms with Gasteiger partial charge in [-0.2, -0.15) is 0 Å². The maximum Gasteiger partial charge on any atom is 0.0421 e. The first kappa shape index (κ1) is 7.86. The molecule has 2 aliphatic rings. The molecular formula is C13H13N. The number of para-hydroxylation sites is 1. The van der Waals surface area contributed by atoms with Gasteiger partial charge in [-0.15, -0.1) is 0 Å². The summed E-state index contributed by atoms with van der Waals surface area (Å²) in [5.74, 6) is 0.574. The molecular weight excluding hydrogens is 170 g/mol. The van der Waals surface area contributed by atoms with Crippen LogP contribution in [0.2, 0.25) is 0 Å². The molecule has 1 aliphatic heterocycles. The lowest BCUT2D eigenvalue weighted by Crippen LogP contribution is -1.97. The quantitative estimate of drug-likeness (QED) is 0.607. The molecule has 1 unspecified atom stereocenters. The molecule has 0 fully saturated rings. The smallest absolute Gasteiger partial charge is 0.0421 e. The minimum atomic E-state index is 0.574. The Hall–Kier alpha value is -1.50. The number of anilines is 1. The first-order chi connectivity index (χ1) is 6.95. The summed E-state index contributed by atoms with van der Waals surface area (Å²) >= 11 is 0. The van der Waals surface area contributed by atoms with Crippen molar-refractivity contribution in [1.29, 1.82) is 0 Å². The highest BCUT2D eigenvalue weighted by Gasteiger charge is 2.25. The lowest BCUT2D eigenvalue weighted by molar-refractivity contribution is 0.851. The second-order valence-electron chi connectivity index (χ2n) is 3.87. The fourth-order valence-corrected chi connectivity index (χ4v) is 2.30. The Bertz CT molecular complexity index is 415. The molecule has 1 heteroatoms. The minimum Gasteiger partial charge on any atom is -0.358 e. The van der Waals surface area contributed by atoms with Crippen molar-refractivity contribution in [3.8, 4) is 0 Å². The largest absolute Gasteiger partial charge is 0.358 e. The molecule has 1 heterocycles. The van der Waals surface area contributed by atoms with E-state index in [1.165, 1.54) is 16.9 Å². The van der Waals surface area contributed by atoms with Gasteiger partial charge in [0.05, 0.1) is 0 Å². The van der Waals surface area contributed by atoms with E-state index in [1.54, 1.807) is 0 Å². The van der Waals surface area contributed by atoms with E-state index in [0.29, 0.717) is 5.92 Å². The van der Waals surface area contributed by atoms with E-state index in [4.69, 9.17) is 0 Å². The van der Waals surface area contributed by atoms with Crippen molar-refractivity contribution < 1.29 is 0 Å². The van der Waals surface area contributed by atoms with Gasteiger partial charge in [0.2, 0.25) is 0 Å². The molecule has 0 bridgehead atoms. The maximum absolute atomic E-state index is 3.50. The van der Waals surface area contributed by atoms with Gasteiger partial charge in [-0.1, -0.05) is 36.4 Å². The Morgan fingerprint density at radius 3 is 3.07 bits per heavy atom. The molecule has 1 nitrogen and oxygen atoms in total. The van der Waals surface area contributed by atoms with Crippen molar-refractivity contribution in [3.05, 3.63) is 53.8 Å². The summed E-state index contributed by atoms with van der Waals surface area (Å²) in [6.45, 7) is 0.